The summed E-state index contributed by atoms with van der Waals surface area (Å²) < 4.78 is 0. The molecule has 0 aliphatic carbocycles. The van der Waals surface area contributed by atoms with E-state index < -0.39 is 0 Å². The van der Waals surface area contributed by atoms with Gasteiger partial charge < -0.3 is 5.73 Å². The first kappa shape index (κ1) is 21.7. The van der Waals surface area contributed by atoms with Crippen molar-refractivity contribution in [2.45, 2.75) is 104 Å². The lowest BCUT2D eigenvalue weighted by Gasteiger charge is -2.13. The van der Waals surface area contributed by atoms with E-state index in [-0.39, 0.29) is 5.91 Å². The molecule has 142 valence electrons. The molecule has 2 N–H and O–H groups in total. The van der Waals surface area contributed by atoms with Gasteiger partial charge in [0.1, 0.15) is 0 Å². The maximum absolute atomic E-state index is 11.8. The number of hydrogen-bond acceptors (Lipinski definition) is 1. The lowest BCUT2D eigenvalue weighted by Crippen LogP contribution is -2.15. The molecule has 0 saturated heterocycles. The van der Waals surface area contributed by atoms with Gasteiger partial charge >= 0.3 is 0 Å². The molecule has 1 aromatic carbocycles. The molecule has 0 spiro atoms. The molecule has 0 fully saturated rings. The molecule has 0 heterocycles. The molecule has 1 rings (SSSR count). The Morgan fingerprint density at radius 3 is 1.84 bits per heavy atom. The molecular weight excluding hydrogens is 306 g/mol. The highest BCUT2D eigenvalue weighted by molar-refractivity contribution is 5.94. The van der Waals surface area contributed by atoms with E-state index >= 15 is 0 Å². The summed E-state index contributed by atoms with van der Waals surface area (Å²) in [5.74, 6) is -0.272. The minimum absolute atomic E-state index is 0.272. The lowest BCUT2D eigenvalue weighted by molar-refractivity contribution is 0.0999. The summed E-state index contributed by atoms with van der Waals surface area (Å²) in [6, 6.07) is 6.10. The highest BCUT2D eigenvalue weighted by Gasteiger charge is 2.12. The van der Waals surface area contributed by atoms with E-state index in [2.05, 4.69) is 19.9 Å². The van der Waals surface area contributed by atoms with Gasteiger partial charge in [0.2, 0.25) is 5.91 Å². The van der Waals surface area contributed by atoms with Crippen LogP contribution in [0.2, 0.25) is 0 Å². The van der Waals surface area contributed by atoms with E-state index in [9.17, 15) is 4.79 Å². The van der Waals surface area contributed by atoms with Gasteiger partial charge in [-0.2, -0.15) is 0 Å². The molecule has 0 unspecified atom stereocenters. The van der Waals surface area contributed by atoms with Crippen molar-refractivity contribution in [1.82, 2.24) is 0 Å². The van der Waals surface area contributed by atoms with Crippen LogP contribution in [0.1, 0.15) is 112 Å². The number of carbonyl (C=O) groups is 1. The fourth-order valence-corrected chi connectivity index (χ4v) is 3.57. The van der Waals surface area contributed by atoms with Crippen LogP contribution in [-0.2, 0) is 12.8 Å². The highest BCUT2D eigenvalue weighted by Crippen LogP contribution is 2.21. The molecule has 25 heavy (non-hydrogen) atoms. The van der Waals surface area contributed by atoms with Crippen LogP contribution < -0.4 is 5.73 Å². The van der Waals surface area contributed by atoms with Gasteiger partial charge in [-0.15, -0.1) is 0 Å². The van der Waals surface area contributed by atoms with Crippen molar-refractivity contribution in [3.63, 3.8) is 0 Å². The summed E-state index contributed by atoms with van der Waals surface area (Å²) in [6.07, 6.45) is 17.6. The number of hydrogen-bond donors (Lipinski definition) is 1. The van der Waals surface area contributed by atoms with Crippen LogP contribution in [0.5, 0.6) is 0 Å². The largest absolute Gasteiger partial charge is 0.366 e. The molecule has 0 atom stereocenters. The summed E-state index contributed by atoms with van der Waals surface area (Å²) in [4.78, 5) is 11.8. The predicted octanol–water partition coefficient (Wildman–Crippen LogP) is 6.59. The van der Waals surface area contributed by atoms with E-state index in [0.717, 1.165) is 24.8 Å². The minimum atomic E-state index is -0.272. The molecule has 0 bridgehead atoms. The van der Waals surface area contributed by atoms with Gasteiger partial charge in [0.05, 0.1) is 0 Å². The minimum Gasteiger partial charge on any atom is -0.366 e. The maximum Gasteiger partial charge on any atom is 0.248 e. The Morgan fingerprint density at radius 2 is 1.28 bits per heavy atom. The molecular formula is C23H39NO. The molecule has 2 heteroatoms. The summed E-state index contributed by atoms with van der Waals surface area (Å²) in [5.41, 5.74) is 8.94. The number of nitrogens with two attached hydrogens (primary N) is 1. The Labute approximate surface area is 155 Å². The number of unbranched alkanes of at least 4 members (excludes halogenated alkanes) is 10. The van der Waals surface area contributed by atoms with Crippen LogP contribution in [0.25, 0.3) is 0 Å². The second-order valence-corrected chi connectivity index (χ2v) is 7.34. The Balaban J connectivity index is 2.54. The quantitative estimate of drug-likeness (QED) is 0.358. The average molecular weight is 346 g/mol. The first-order valence-corrected chi connectivity index (χ1v) is 10.6. The molecule has 0 aliphatic heterocycles. The van der Waals surface area contributed by atoms with E-state index in [1.165, 1.54) is 81.8 Å². The Kier molecular flexibility index (Phi) is 12.1. The van der Waals surface area contributed by atoms with Crippen LogP contribution in [0.15, 0.2) is 18.2 Å². The summed E-state index contributed by atoms with van der Waals surface area (Å²) in [6.45, 7) is 4.50. The Morgan fingerprint density at radius 1 is 0.760 bits per heavy atom. The monoisotopic (exact) mass is 345 g/mol. The lowest BCUT2D eigenvalue weighted by atomic mass is 9.92. The topological polar surface area (TPSA) is 43.1 Å². The second-order valence-electron chi connectivity index (χ2n) is 7.34. The van der Waals surface area contributed by atoms with Crippen molar-refractivity contribution in [2.24, 2.45) is 5.73 Å². The van der Waals surface area contributed by atoms with Gasteiger partial charge in [0, 0.05) is 5.56 Å². The summed E-state index contributed by atoms with van der Waals surface area (Å²) >= 11 is 0. The first-order valence-electron chi connectivity index (χ1n) is 10.6. The molecule has 1 aromatic rings. The number of carbonyl (C=O) groups excluding carboxylic acids is 1. The van der Waals surface area contributed by atoms with Gasteiger partial charge in [0.25, 0.3) is 0 Å². The summed E-state index contributed by atoms with van der Waals surface area (Å²) in [7, 11) is 0. The number of aryl methyl sites for hydroxylation is 1. The van der Waals surface area contributed by atoms with E-state index in [4.69, 9.17) is 5.73 Å². The standard InChI is InChI=1S/C23H39NO/c1-3-5-7-9-11-13-16-20-17-15-19-22(23(24)25)21(20)18-14-12-10-8-6-4-2/h15,17,19H,3-14,16,18H2,1-2H3,(H2,24,25). The number of rotatable bonds is 15. The van der Waals surface area contributed by atoms with Crippen molar-refractivity contribution in [1.29, 1.82) is 0 Å². The maximum atomic E-state index is 11.8. The zero-order valence-corrected chi connectivity index (χ0v) is 16.6. The molecule has 2 nitrogen and oxygen atoms in total. The third-order valence-corrected chi connectivity index (χ3v) is 5.12. The van der Waals surface area contributed by atoms with E-state index in [0.29, 0.717) is 0 Å². The molecule has 0 saturated carbocycles. The highest BCUT2D eigenvalue weighted by atomic mass is 16.1. The molecule has 0 aliphatic rings. The third kappa shape index (κ3) is 9.09. The van der Waals surface area contributed by atoms with Crippen LogP contribution in [0, 0.1) is 0 Å². The smallest absolute Gasteiger partial charge is 0.248 e. The fourth-order valence-electron chi connectivity index (χ4n) is 3.57. The predicted molar refractivity (Wildman–Crippen MR) is 109 cm³/mol. The molecule has 0 aromatic heterocycles. The third-order valence-electron chi connectivity index (χ3n) is 5.12. The number of primary amides is 1. The van der Waals surface area contributed by atoms with Gasteiger partial charge in [-0.25, -0.2) is 0 Å². The number of amides is 1. The average Bonchev–Trinajstić information content (AvgIpc) is 2.61. The van der Waals surface area contributed by atoms with Gasteiger partial charge in [-0.1, -0.05) is 90.2 Å². The van der Waals surface area contributed by atoms with Gasteiger partial charge in [-0.05, 0) is 42.9 Å². The number of benzene rings is 1. The van der Waals surface area contributed by atoms with Crippen molar-refractivity contribution in [3.05, 3.63) is 34.9 Å². The van der Waals surface area contributed by atoms with Gasteiger partial charge in [-0.3, -0.25) is 4.79 Å². The van der Waals surface area contributed by atoms with E-state index in [1.807, 2.05) is 12.1 Å². The molecule has 0 radical (unpaired) electrons. The zero-order chi connectivity index (χ0) is 18.3. The van der Waals surface area contributed by atoms with E-state index in [1.54, 1.807) is 0 Å². The SMILES string of the molecule is CCCCCCCCc1cccc(C(N)=O)c1CCCCCCCC. The Hall–Kier alpha value is -1.31. The zero-order valence-electron chi connectivity index (χ0n) is 16.6. The summed E-state index contributed by atoms with van der Waals surface area (Å²) in [5, 5.41) is 0. The molecule has 1 amide bonds. The van der Waals surface area contributed by atoms with Crippen molar-refractivity contribution in [2.75, 3.05) is 0 Å². The van der Waals surface area contributed by atoms with Crippen molar-refractivity contribution < 1.29 is 4.79 Å². The normalized spacial score (nSPS) is 11.0. The second kappa shape index (κ2) is 13.9. The first-order chi connectivity index (χ1) is 12.2. The van der Waals surface area contributed by atoms with Crippen LogP contribution >= 0.6 is 0 Å². The van der Waals surface area contributed by atoms with Gasteiger partial charge in [0.15, 0.2) is 0 Å². The van der Waals surface area contributed by atoms with Crippen LogP contribution in [-0.4, -0.2) is 5.91 Å². The van der Waals surface area contributed by atoms with Crippen molar-refractivity contribution >= 4 is 5.91 Å². The van der Waals surface area contributed by atoms with Crippen molar-refractivity contribution in [3.8, 4) is 0 Å². The fraction of sp³-hybridized carbons (Fsp3) is 0.696. The van der Waals surface area contributed by atoms with Crippen LogP contribution in [0.4, 0.5) is 0 Å². The Bertz CT molecular complexity index is 481. The van der Waals surface area contributed by atoms with Crippen LogP contribution in [0.3, 0.4) is 0 Å².